The van der Waals surface area contributed by atoms with Crippen molar-refractivity contribution < 1.29 is 24.7 Å². The van der Waals surface area contributed by atoms with Gasteiger partial charge in [-0.25, -0.2) is 0 Å². The van der Waals surface area contributed by atoms with Crippen molar-refractivity contribution in [3.05, 3.63) is 71.8 Å². The number of rotatable bonds is 4. The number of hydrogen-bond donors (Lipinski definition) is 1. The number of hydrogen-bond acceptors (Lipinski definition) is 8. The van der Waals surface area contributed by atoms with E-state index in [0.29, 0.717) is 17.2 Å². The quantitative estimate of drug-likeness (QED) is 0.416. The van der Waals surface area contributed by atoms with Crippen LogP contribution in [0.2, 0.25) is 0 Å². The number of aryl methyl sites for hydroxylation is 2. The van der Waals surface area contributed by atoms with E-state index >= 15 is 0 Å². The molecule has 36 heavy (non-hydrogen) atoms. The fourth-order valence-corrected chi connectivity index (χ4v) is 3.61. The van der Waals surface area contributed by atoms with Crippen molar-refractivity contribution in [2.45, 2.75) is 66.5 Å². The number of nitrogens with zero attached hydrogens (tertiary/aromatic N) is 3. The Balaban J connectivity index is 1.87. The van der Waals surface area contributed by atoms with Gasteiger partial charge >= 0.3 is 0 Å². The molecule has 1 saturated heterocycles. The largest absolute Gasteiger partial charge is 0.504 e. The van der Waals surface area contributed by atoms with E-state index in [1.165, 1.54) is 15.7 Å². The van der Waals surface area contributed by atoms with E-state index in [1.807, 2.05) is 110 Å². The third-order valence-electron chi connectivity index (χ3n) is 5.42. The topological polar surface area (TPSA) is 66.9 Å². The van der Waals surface area contributed by atoms with Crippen molar-refractivity contribution in [1.82, 2.24) is 10.5 Å². The van der Waals surface area contributed by atoms with E-state index in [2.05, 4.69) is 0 Å². The van der Waals surface area contributed by atoms with Crippen LogP contribution in [0, 0.1) is 13.8 Å². The second-order valence-corrected chi connectivity index (χ2v) is 10.9. The predicted molar refractivity (Wildman–Crippen MR) is 138 cm³/mol. The predicted octanol–water partition coefficient (Wildman–Crippen LogP) is 7.03. The molecule has 8 heteroatoms. The molecule has 0 amide bonds. The molecule has 192 valence electrons. The second kappa shape index (κ2) is 9.72. The highest BCUT2D eigenvalue weighted by molar-refractivity contribution is 5.79. The molecule has 3 aromatic carbocycles. The number of benzene rings is 3. The van der Waals surface area contributed by atoms with Crippen LogP contribution in [0.1, 0.15) is 52.7 Å². The standard InChI is InChI=1S/C28H35N3O5/c1-19-17-20(2)25(24(32)18-19)33-26-22(21-13-10-9-11-14-21)15-12-16-23(26)29-34-30(27(3,4)5)36-31(35-29)28(6,7)8/h9-18,32H,1-8H3. The van der Waals surface area contributed by atoms with E-state index in [1.54, 1.807) is 6.07 Å². The Bertz CT molecular complexity index is 1170. The van der Waals surface area contributed by atoms with Crippen molar-refractivity contribution in [3.8, 4) is 28.4 Å². The molecule has 3 aromatic rings. The molecular weight excluding hydrogens is 458 g/mol. The maximum atomic E-state index is 10.8. The Labute approximate surface area is 212 Å². The van der Waals surface area contributed by atoms with Crippen LogP contribution in [-0.4, -0.2) is 26.6 Å². The van der Waals surface area contributed by atoms with Gasteiger partial charge < -0.3 is 9.84 Å². The highest BCUT2D eigenvalue weighted by Gasteiger charge is 2.41. The van der Waals surface area contributed by atoms with Crippen molar-refractivity contribution in [2.75, 3.05) is 5.23 Å². The van der Waals surface area contributed by atoms with Gasteiger partial charge in [0.25, 0.3) is 0 Å². The number of phenols is 1. The molecule has 1 heterocycles. The summed E-state index contributed by atoms with van der Waals surface area (Å²) in [5, 5.41) is 14.8. The molecule has 4 rings (SSSR count). The minimum Gasteiger partial charge on any atom is -0.504 e. The molecule has 1 fully saturated rings. The van der Waals surface area contributed by atoms with Gasteiger partial charge in [0.1, 0.15) is 5.69 Å². The Morgan fingerprint density at radius 2 is 1.33 bits per heavy atom. The number of phenolic OH excluding ortho intramolecular Hbond substituents is 1. The first-order valence-corrected chi connectivity index (χ1v) is 12.0. The van der Waals surface area contributed by atoms with Crippen LogP contribution >= 0.6 is 0 Å². The van der Waals surface area contributed by atoms with Crippen LogP contribution in [0.3, 0.4) is 0 Å². The summed E-state index contributed by atoms with van der Waals surface area (Å²) < 4.78 is 6.48. The Hall–Kier alpha value is -3.14. The fourth-order valence-electron chi connectivity index (χ4n) is 3.61. The summed E-state index contributed by atoms with van der Waals surface area (Å²) in [4.78, 5) is 18.0. The summed E-state index contributed by atoms with van der Waals surface area (Å²) in [6.07, 6.45) is 0. The van der Waals surface area contributed by atoms with Gasteiger partial charge in [-0.3, -0.25) is 0 Å². The first-order valence-electron chi connectivity index (χ1n) is 12.0. The van der Waals surface area contributed by atoms with Crippen LogP contribution < -0.4 is 9.96 Å². The minimum absolute atomic E-state index is 0.0535. The smallest absolute Gasteiger partial charge is 0.172 e. The average Bonchev–Trinajstić information content (AvgIpc) is 2.80. The van der Waals surface area contributed by atoms with Crippen LogP contribution in [0.15, 0.2) is 60.7 Å². The molecule has 1 N–H and O–H groups in total. The third kappa shape index (κ3) is 5.48. The number of para-hydroxylation sites is 1. The summed E-state index contributed by atoms with van der Waals surface area (Å²) in [7, 11) is 0. The van der Waals surface area contributed by atoms with Crippen LogP contribution in [0.5, 0.6) is 17.2 Å². The molecule has 0 aromatic heterocycles. The van der Waals surface area contributed by atoms with Gasteiger partial charge in [0.05, 0.1) is 11.1 Å². The molecule has 0 saturated carbocycles. The molecular formula is C28H35N3O5. The zero-order valence-electron chi connectivity index (χ0n) is 22.2. The summed E-state index contributed by atoms with van der Waals surface area (Å²) in [6, 6.07) is 19.2. The second-order valence-electron chi connectivity index (χ2n) is 10.9. The minimum atomic E-state index is -0.518. The average molecular weight is 494 g/mol. The number of anilines is 1. The van der Waals surface area contributed by atoms with Gasteiger partial charge in [0, 0.05) is 5.56 Å². The van der Waals surface area contributed by atoms with E-state index in [0.717, 1.165) is 22.3 Å². The zero-order valence-corrected chi connectivity index (χ0v) is 22.2. The van der Waals surface area contributed by atoms with Crippen molar-refractivity contribution >= 4 is 5.69 Å². The van der Waals surface area contributed by atoms with Gasteiger partial charge in [-0.1, -0.05) is 53.8 Å². The lowest BCUT2D eigenvalue weighted by atomic mass is 10.0. The summed E-state index contributed by atoms with van der Waals surface area (Å²) in [6.45, 7) is 15.6. The SMILES string of the molecule is Cc1cc(C)c(Oc2c(-c3ccccc3)cccc2N2ON(C(C)(C)C)ON(C(C)(C)C)O2)c(O)c1. The molecule has 0 unspecified atom stereocenters. The third-order valence-corrected chi connectivity index (χ3v) is 5.42. The van der Waals surface area contributed by atoms with E-state index < -0.39 is 11.1 Å². The Morgan fingerprint density at radius 3 is 1.89 bits per heavy atom. The highest BCUT2D eigenvalue weighted by Crippen LogP contribution is 2.46. The Kier molecular flexibility index (Phi) is 7.01. The monoisotopic (exact) mass is 493 g/mol. The lowest BCUT2D eigenvalue weighted by Gasteiger charge is -2.46. The van der Waals surface area contributed by atoms with Crippen LogP contribution in [0.25, 0.3) is 11.1 Å². The van der Waals surface area contributed by atoms with E-state index in [9.17, 15) is 5.11 Å². The molecule has 0 aliphatic carbocycles. The van der Waals surface area contributed by atoms with Gasteiger partial charge in [-0.15, -0.1) is 9.88 Å². The highest BCUT2D eigenvalue weighted by atomic mass is 17.3. The molecule has 0 atom stereocenters. The summed E-state index contributed by atoms with van der Waals surface area (Å²) >= 11 is 0. The molecule has 1 aliphatic heterocycles. The maximum absolute atomic E-state index is 10.8. The summed E-state index contributed by atoms with van der Waals surface area (Å²) in [5.74, 6) is 0.868. The molecule has 0 radical (unpaired) electrons. The van der Waals surface area contributed by atoms with E-state index in [4.69, 9.17) is 19.6 Å². The van der Waals surface area contributed by atoms with Gasteiger partial charge in [0.2, 0.25) is 0 Å². The molecule has 8 nitrogen and oxygen atoms in total. The number of ether oxygens (including phenoxy) is 1. The maximum Gasteiger partial charge on any atom is 0.172 e. The van der Waals surface area contributed by atoms with Crippen LogP contribution in [-0.2, 0) is 14.8 Å². The van der Waals surface area contributed by atoms with Gasteiger partial charge in [0.15, 0.2) is 17.2 Å². The van der Waals surface area contributed by atoms with Gasteiger partial charge in [-0.05, 0) is 94.7 Å². The van der Waals surface area contributed by atoms with Crippen molar-refractivity contribution in [2.24, 2.45) is 0 Å². The van der Waals surface area contributed by atoms with Gasteiger partial charge in [-0.2, -0.15) is 4.94 Å². The number of aromatic hydroxyl groups is 1. The first-order chi connectivity index (χ1) is 16.8. The van der Waals surface area contributed by atoms with Crippen LogP contribution in [0.4, 0.5) is 5.69 Å². The molecule has 1 aliphatic rings. The number of hydroxylamine groups is 4. The lowest BCUT2D eigenvalue weighted by Crippen LogP contribution is -2.60. The first kappa shape index (κ1) is 25.9. The summed E-state index contributed by atoms with van der Waals surface area (Å²) in [5.41, 5.74) is 2.93. The van der Waals surface area contributed by atoms with Crippen molar-refractivity contribution in [1.29, 1.82) is 0 Å². The normalized spacial score (nSPS) is 15.8. The molecule has 0 spiro atoms. The molecule has 0 bridgehead atoms. The zero-order chi connectivity index (χ0) is 26.3. The lowest BCUT2D eigenvalue weighted by molar-refractivity contribution is -0.638. The fraction of sp³-hybridized carbons (Fsp3) is 0.357. The van der Waals surface area contributed by atoms with Crippen molar-refractivity contribution in [3.63, 3.8) is 0 Å². The van der Waals surface area contributed by atoms with E-state index in [-0.39, 0.29) is 5.75 Å². The Morgan fingerprint density at radius 1 is 0.722 bits per heavy atom.